The highest BCUT2D eigenvalue weighted by Gasteiger charge is 2.25. The number of nitrogens with one attached hydrogen (secondary N) is 2. The maximum Gasteiger partial charge on any atom is 0.338 e. The molecule has 2 atom stereocenters. The topological polar surface area (TPSA) is 84.5 Å². The molecule has 2 unspecified atom stereocenters. The summed E-state index contributed by atoms with van der Waals surface area (Å²) < 4.78 is 5.34. The Labute approximate surface area is 174 Å². The molecule has 29 heavy (non-hydrogen) atoms. The fraction of sp³-hybridized carbons (Fsp3) is 0.318. The number of hydrogen-bond acceptors (Lipinski definition) is 5. The minimum atomic E-state index is -0.970. The molecule has 1 heterocycles. The van der Waals surface area contributed by atoms with Gasteiger partial charge in [0.1, 0.15) is 0 Å². The lowest BCUT2D eigenvalue weighted by atomic mass is 10.0. The van der Waals surface area contributed by atoms with E-state index in [1.807, 2.05) is 39.8 Å². The summed E-state index contributed by atoms with van der Waals surface area (Å²) >= 11 is 1.44. The van der Waals surface area contributed by atoms with Crippen molar-refractivity contribution < 1.29 is 19.1 Å². The van der Waals surface area contributed by atoms with Gasteiger partial charge < -0.3 is 15.4 Å². The third-order valence-corrected chi connectivity index (χ3v) is 5.90. The number of thioether (sulfide) groups is 1. The lowest BCUT2D eigenvalue weighted by Crippen LogP contribution is -2.30. The maximum atomic E-state index is 12.5. The largest absolute Gasteiger partial charge is 0.449 e. The smallest absolute Gasteiger partial charge is 0.338 e. The van der Waals surface area contributed by atoms with Gasteiger partial charge in [-0.05, 0) is 63.9 Å². The molecule has 0 radical (unpaired) electrons. The van der Waals surface area contributed by atoms with Crippen LogP contribution >= 0.6 is 11.8 Å². The molecule has 0 fully saturated rings. The van der Waals surface area contributed by atoms with E-state index >= 15 is 0 Å². The van der Waals surface area contributed by atoms with Gasteiger partial charge in [-0.3, -0.25) is 9.59 Å². The number of rotatable bonds is 4. The molecule has 152 valence electrons. The molecule has 1 aliphatic heterocycles. The molecule has 0 saturated carbocycles. The van der Waals surface area contributed by atoms with E-state index in [2.05, 4.69) is 10.6 Å². The number of benzene rings is 2. The summed E-state index contributed by atoms with van der Waals surface area (Å²) in [4.78, 5) is 37.8. The molecule has 2 amide bonds. The van der Waals surface area contributed by atoms with E-state index in [4.69, 9.17) is 4.74 Å². The number of esters is 1. The van der Waals surface area contributed by atoms with Gasteiger partial charge in [-0.1, -0.05) is 17.7 Å². The van der Waals surface area contributed by atoms with E-state index in [0.29, 0.717) is 5.69 Å². The summed E-state index contributed by atoms with van der Waals surface area (Å²) in [5.41, 5.74) is 4.60. The number of carbonyl (C=O) groups excluding carboxylic acids is 3. The minimum Gasteiger partial charge on any atom is -0.449 e. The molecule has 2 aromatic rings. The van der Waals surface area contributed by atoms with Crippen molar-refractivity contribution in [3.05, 3.63) is 52.6 Å². The van der Waals surface area contributed by atoms with Crippen LogP contribution in [0.3, 0.4) is 0 Å². The van der Waals surface area contributed by atoms with Gasteiger partial charge >= 0.3 is 5.97 Å². The van der Waals surface area contributed by atoms with Crippen LogP contribution in [0, 0.1) is 20.8 Å². The first kappa shape index (κ1) is 20.9. The minimum absolute atomic E-state index is 0.107. The van der Waals surface area contributed by atoms with Crippen molar-refractivity contribution >= 4 is 40.9 Å². The zero-order chi connectivity index (χ0) is 21.3. The van der Waals surface area contributed by atoms with Gasteiger partial charge in [-0.15, -0.1) is 11.8 Å². The molecule has 0 spiro atoms. The number of fused-ring (bicyclic) bond motifs is 1. The monoisotopic (exact) mass is 412 g/mol. The van der Waals surface area contributed by atoms with Crippen LogP contribution in [0.4, 0.5) is 11.4 Å². The summed E-state index contributed by atoms with van der Waals surface area (Å²) in [6.45, 7) is 9.20. The number of aryl methyl sites for hydroxylation is 3. The zero-order valence-electron chi connectivity index (χ0n) is 17.1. The van der Waals surface area contributed by atoms with Gasteiger partial charge in [0.05, 0.1) is 16.5 Å². The molecule has 6 nitrogen and oxygen atoms in total. The Bertz CT molecular complexity index is 979. The quantitative estimate of drug-likeness (QED) is 0.734. The lowest BCUT2D eigenvalue weighted by molar-refractivity contribution is -0.123. The Hall–Kier alpha value is -2.80. The van der Waals surface area contributed by atoms with Crippen LogP contribution in [-0.4, -0.2) is 29.1 Å². The average molecular weight is 413 g/mol. The summed E-state index contributed by atoms with van der Waals surface area (Å²) in [5.74, 6) is -1.13. The van der Waals surface area contributed by atoms with Crippen molar-refractivity contribution in [2.24, 2.45) is 0 Å². The van der Waals surface area contributed by atoms with Crippen LogP contribution in [0.5, 0.6) is 0 Å². The first-order chi connectivity index (χ1) is 13.7. The molecule has 1 aliphatic rings. The number of ether oxygens (including phenoxy) is 1. The van der Waals surface area contributed by atoms with Crippen molar-refractivity contribution in [2.75, 3.05) is 10.6 Å². The normalized spacial score (nSPS) is 16.4. The Morgan fingerprint density at radius 2 is 1.79 bits per heavy atom. The third kappa shape index (κ3) is 4.62. The van der Waals surface area contributed by atoms with Crippen molar-refractivity contribution in [3.63, 3.8) is 0 Å². The van der Waals surface area contributed by atoms with Crippen LogP contribution < -0.4 is 10.6 Å². The molecule has 0 bridgehead atoms. The zero-order valence-corrected chi connectivity index (χ0v) is 17.9. The van der Waals surface area contributed by atoms with Crippen LogP contribution in [0.15, 0.2) is 35.2 Å². The van der Waals surface area contributed by atoms with Gasteiger partial charge in [0.2, 0.25) is 5.91 Å². The molecule has 2 aromatic carbocycles. The van der Waals surface area contributed by atoms with Crippen molar-refractivity contribution in [1.29, 1.82) is 0 Å². The van der Waals surface area contributed by atoms with Gasteiger partial charge in [-0.2, -0.15) is 0 Å². The summed E-state index contributed by atoms with van der Waals surface area (Å²) in [6, 6.07) is 8.96. The summed E-state index contributed by atoms with van der Waals surface area (Å²) in [5, 5.41) is 5.45. The molecule has 7 heteroatoms. The van der Waals surface area contributed by atoms with E-state index in [1.165, 1.54) is 18.7 Å². The molecular formula is C22H24N2O4S. The Morgan fingerprint density at radius 3 is 2.45 bits per heavy atom. The predicted octanol–water partition coefficient (Wildman–Crippen LogP) is 4.23. The fourth-order valence-electron chi connectivity index (χ4n) is 3.22. The van der Waals surface area contributed by atoms with Crippen molar-refractivity contribution in [1.82, 2.24) is 0 Å². The van der Waals surface area contributed by atoms with Gasteiger partial charge in [0.25, 0.3) is 5.91 Å². The second-order valence-electron chi connectivity index (χ2n) is 7.27. The molecule has 3 rings (SSSR count). The Balaban J connectivity index is 1.69. The van der Waals surface area contributed by atoms with Gasteiger partial charge in [0, 0.05) is 10.6 Å². The molecule has 0 aromatic heterocycles. The standard InChI is InChI=1S/C22H24N2O4S/c1-11-8-12(2)19(13(3)9-11)24-20(25)14(4)28-22(27)16-6-7-18-17(10-16)23-21(26)15(5)29-18/h6-10,14-15H,1-5H3,(H,23,26)(H,24,25). The Kier molecular flexibility index (Phi) is 5.98. The van der Waals surface area contributed by atoms with Gasteiger partial charge in [0.15, 0.2) is 6.10 Å². The average Bonchev–Trinajstić information content (AvgIpc) is 2.64. The van der Waals surface area contributed by atoms with E-state index < -0.39 is 18.0 Å². The van der Waals surface area contributed by atoms with E-state index in [1.54, 1.807) is 18.2 Å². The van der Waals surface area contributed by atoms with E-state index in [9.17, 15) is 14.4 Å². The van der Waals surface area contributed by atoms with Crippen LogP contribution in [0.1, 0.15) is 40.9 Å². The van der Waals surface area contributed by atoms with E-state index in [-0.39, 0.29) is 16.7 Å². The van der Waals surface area contributed by atoms with Crippen LogP contribution in [0.2, 0.25) is 0 Å². The highest BCUT2D eigenvalue weighted by atomic mass is 32.2. The van der Waals surface area contributed by atoms with Crippen molar-refractivity contribution in [3.8, 4) is 0 Å². The molecule has 0 saturated heterocycles. The first-order valence-electron chi connectivity index (χ1n) is 9.37. The fourth-order valence-corrected chi connectivity index (χ4v) is 4.15. The molecule has 0 aliphatic carbocycles. The second-order valence-corrected chi connectivity index (χ2v) is 8.65. The number of amides is 2. The van der Waals surface area contributed by atoms with E-state index in [0.717, 1.165) is 27.3 Å². The van der Waals surface area contributed by atoms with Gasteiger partial charge in [-0.25, -0.2) is 4.79 Å². The second kappa shape index (κ2) is 8.29. The lowest BCUT2D eigenvalue weighted by Gasteiger charge is -2.22. The highest BCUT2D eigenvalue weighted by molar-refractivity contribution is 8.00. The summed E-state index contributed by atoms with van der Waals surface area (Å²) in [6.07, 6.45) is -0.970. The van der Waals surface area contributed by atoms with Crippen LogP contribution in [0.25, 0.3) is 0 Å². The van der Waals surface area contributed by atoms with Crippen molar-refractivity contribution in [2.45, 2.75) is 50.9 Å². The van der Waals surface area contributed by atoms with Crippen LogP contribution in [-0.2, 0) is 14.3 Å². The maximum absolute atomic E-state index is 12.5. The Morgan fingerprint density at radius 1 is 1.14 bits per heavy atom. The SMILES string of the molecule is Cc1cc(C)c(NC(=O)C(C)OC(=O)c2ccc3c(c2)NC(=O)C(C)S3)c(C)c1. The molecular weight excluding hydrogens is 388 g/mol. The summed E-state index contributed by atoms with van der Waals surface area (Å²) in [7, 11) is 0. The first-order valence-corrected chi connectivity index (χ1v) is 10.2. The number of anilines is 2. The molecule has 2 N–H and O–H groups in total. The number of hydrogen-bond donors (Lipinski definition) is 2. The third-order valence-electron chi connectivity index (χ3n) is 4.72. The number of carbonyl (C=O) groups is 3. The highest BCUT2D eigenvalue weighted by Crippen LogP contribution is 2.36. The predicted molar refractivity (Wildman–Crippen MR) is 115 cm³/mol.